The SMILES string of the molecule is CCC(CC)(NC(=O)NCC(C)OC)C(=O)O. The molecule has 0 aromatic heterocycles. The van der Waals surface area contributed by atoms with E-state index in [-0.39, 0.29) is 6.10 Å². The Morgan fingerprint density at radius 1 is 1.35 bits per heavy atom. The number of hydrogen-bond acceptors (Lipinski definition) is 3. The molecule has 0 aromatic carbocycles. The van der Waals surface area contributed by atoms with Crippen molar-refractivity contribution in [2.75, 3.05) is 13.7 Å². The molecule has 0 saturated heterocycles. The maximum absolute atomic E-state index is 11.6. The second kappa shape index (κ2) is 7.11. The lowest BCUT2D eigenvalue weighted by Crippen LogP contribution is -2.57. The Kier molecular flexibility index (Phi) is 6.57. The lowest BCUT2D eigenvalue weighted by atomic mass is 9.93. The summed E-state index contributed by atoms with van der Waals surface area (Å²) in [6, 6.07) is -0.486. The van der Waals surface area contributed by atoms with Crippen LogP contribution in [0.3, 0.4) is 0 Å². The van der Waals surface area contributed by atoms with E-state index in [0.717, 1.165) is 0 Å². The number of carbonyl (C=O) groups is 2. The third-order valence-electron chi connectivity index (χ3n) is 2.92. The summed E-state index contributed by atoms with van der Waals surface area (Å²) in [4.78, 5) is 22.7. The first-order valence-corrected chi connectivity index (χ1v) is 5.74. The molecule has 2 amide bonds. The molecule has 0 fully saturated rings. The Bertz CT molecular complexity index is 264. The smallest absolute Gasteiger partial charge is 0.329 e. The molecular formula is C11H22N2O4. The number of carbonyl (C=O) groups excluding carboxylic acids is 1. The van der Waals surface area contributed by atoms with Gasteiger partial charge in [0.05, 0.1) is 6.10 Å². The molecule has 0 rings (SSSR count). The maximum atomic E-state index is 11.6. The number of urea groups is 1. The van der Waals surface area contributed by atoms with Gasteiger partial charge < -0.3 is 20.5 Å². The van der Waals surface area contributed by atoms with Crippen molar-refractivity contribution in [1.29, 1.82) is 0 Å². The predicted octanol–water partition coefficient (Wildman–Crippen LogP) is 0.964. The second-order valence-electron chi connectivity index (χ2n) is 3.98. The zero-order valence-electron chi connectivity index (χ0n) is 10.9. The Morgan fingerprint density at radius 3 is 2.24 bits per heavy atom. The van der Waals surface area contributed by atoms with Crippen molar-refractivity contribution in [3.63, 3.8) is 0 Å². The van der Waals surface area contributed by atoms with Gasteiger partial charge in [0.1, 0.15) is 5.54 Å². The molecule has 17 heavy (non-hydrogen) atoms. The molecule has 0 heterocycles. The van der Waals surface area contributed by atoms with Gasteiger partial charge in [-0.1, -0.05) is 13.8 Å². The first kappa shape index (κ1) is 15.7. The van der Waals surface area contributed by atoms with Crippen LogP contribution in [-0.4, -0.2) is 42.4 Å². The number of carboxylic acid groups (broad SMARTS) is 1. The molecular weight excluding hydrogens is 224 g/mol. The number of carboxylic acids is 1. The summed E-state index contributed by atoms with van der Waals surface area (Å²) >= 11 is 0. The fourth-order valence-electron chi connectivity index (χ4n) is 1.36. The third-order valence-corrected chi connectivity index (χ3v) is 2.92. The predicted molar refractivity (Wildman–Crippen MR) is 64.0 cm³/mol. The molecule has 3 N–H and O–H groups in total. The van der Waals surface area contributed by atoms with Crippen LogP contribution in [0.15, 0.2) is 0 Å². The van der Waals surface area contributed by atoms with Crippen molar-refractivity contribution in [2.45, 2.75) is 45.3 Å². The van der Waals surface area contributed by atoms with Gasteiger partial charge in [-0.2, -0.15) is 0 Å². The molecule has 0 aliphatic heterocycles. The molecule has 0 radical (unpaired) electrons. The zero-order valence-corrected chi connectivity index (χ0v) is 10.9. The van der Waals surface area contributed by atoms with E-state index in [1.54, 1.807) is 21.0 Å². The highest BCUT2D eigenvalue weighted by atomic mass is 16.5. The highest BCUT2D eigenvalue weighted by Gasteiger charge is 2.36. The normalized spacial score (nSPS) is 12.9. The van der Waals surface area contributed by atoms with Gasteiger partial charge in [-0.25, -0.2) is 9.59 Å². The van der Waals surface area contributed by atoms with E-state index in [9.17, 15) is 9.59 Å². The highest BCUT2D eigenvalue weighted by molar-refractivity contribution is 5.86. The van der Waals surface area contributed by atoms with E-state index in [2.05, 4.69) is 10.6 Å². The van der Waals surface area contributed by atoms with Crippen LogP contribution in [0.25, 0.3) is 0 Å². The van der Waals surface area contributed by atoms with E-state index >= 15 is 0 Å². The molecule has 0 aliphatic carbocycles. The molecule has 0 bridgehead atoms. The molecule has 1 atom stereocenters. The minimum atomic E-state index is -1.19. The Hall–Kier alpha value is -1.30. The van der Waals surface area contributed by atoms with Crippen LogP contribution in [0.1, 0.15) is 33.6 Å². The molecule has 0 aliphatic rings. The molecule has 1 unspecified atom stereocenters. The molecule has 0 aromatic rings. The Labute approximate surface area is 102 Å². The van der Waals surface area contributed by atoms with Crippen LogP contribution in [0.4, 0.5) is 4.79 Å². The van der Waals surface area contributed by atoms with Crippen LogP contribution in [0, 0.1) is 0 Å². The fourth-order valence-corrected chi connectivity index (χ4v) is 1.36. The van der Waals surface area contributed by atoms with Gasteiger partial charge in [0, 0.05) is 13.7 Å². The van der Waals surface area contributed by atoms with E-state index in [4.69, 9.17) is 9.84 Å². The summed E-state index contributed by atoms with van der Waals surface area (Å²) in [6.45, 7) is 5.61. The first-order valence-electron chi connectivity index (χ1n) is 5.74. The molecule has 0 spiro atoms. The number of aliphatic carboxylic acids is 1. The summed E-state index contributed by atoms with van der Waals surface area (Å²) in [7, 11) is 1.55. The van der Waals surface area contributed by atoms with Crippen LogP contribution < -0.4 is 10.6 Å². The van der Waals surface area contributed by atoms with Crippen LogP contribution in [-0.2, 0) is 9.53 Å². The summed E-state index contributed by atoms with van der Waals surface area (Å²) in [5, 5.41) is 14.2. The van der Waals surface area contributed by atoms with Crippen molar-refractivity contribution in [1.82, 2.24) is 10.6 Å². The standard InChI is InChI=1S/C11H22N2O4/c1-5-11(6-2,9(14)15)13-10(16)12-7-8(3)17-4/h8H,5-7H2,1-4H3,(H,14,15)(H2,12,13,16). The van der Waals surface area contributed by atoms with Crippen molar-refractivity contribution < 1.29 is 19.4 Å². The van der Waals surface area contributed by atoms with Crippen molar-refractivity contribution in [2.24, 2.45) is 0 Å². The van der Waals surface area contributed by atoms with Crippen LogP contribution >= 0.6 is 0 Å². The highest BCUT2D eigenvalue weighted by Crippen LogP contribution is 2.15. The van der Waals surface area contributed by atoms with Crippen molar-refractivity contribution in [3.05, 3.63) is 0 Å². The van der Waals surface area contributed by atoms with E-state index in [0.29, 0.717) is 19.4 Å². The zero-order chi connectivity index (χ0) is 13.5. The number of nitrogens with one attached hydrogen (secondary N) is 2. The summed E-state index contributed by atoms with van der Waals surface area (Å²) < 4.78 is 4.97. The second-order valence-corrected chi connectivity index (χ2v) is 3.98. The van der Waals surface area contributed by atoms with Gasteiger partial charge in [-0.05, 0) is 19.8 Å². The molecule has 6 heteroatoms. The van der Waals surface area contributed by atoms with Crippen molar-refractivity contribution >= 4 is 12.0 Å². The van der Waals surface area contributed by atoms with Gasteiger partial charge in [-0.3, -0.25) is 0 Å². The van der Waals surface area contributed by atoms with Gasteiger partial charge in [0.15, 0.2) is 0 Å². The average Bonchev–Trinajstić information content (AvgIpc) is 2.32. The third kappa shape index (κ3) is 4.60. The van der Waals surface area contributed by atoms with Gasteiger partial charge in [-0.15, -0.1) is 0 Å². The van der Waals surface area contributed by atoms with Gasteiger partial charge >= 0.3 is 12.0 Å². The summed E-state index contributed by atoms with van der Waals surface area (Å²) in [5.74, 6) is -1.02. The lowest BCUT2D eigenvalue weighted by molar-refractivity contribution is -0.144. The molecule has 0 saturated carbocycles. The average molecular weight is 246 g/mol. The van der Waals surface area contributed by atoms with Crippen molar-refractivity contribution in [3.8, 4) is 0 Å². The monoisotopic (exact) mass is 246 g/mol. The topological polar surface area (TPSA) is 87.7 Å². The number of amides is 2. The van der Waals surface area contributed by atoms with E-state index in [1.807, 2.05) is 6.92 Å². The number of methoxy groups -OCH3 is 1. The molecule has 100 valence electrons. The molecule has 6 nitrogen and oxygen atoms in total. The number of rotatable bonds is 7. The fraction of sp³-hybridized carbons (Fsp3) is 0.818. The quantitative estimate of drug-likeness (QED) is 0.624. The Balaban J connectivity index is 4.37. The number of hydrogen-bond donors (Lipinski definition) is 3. The Morgan fingerprint density at radius 2 is 1.88 bits per heavy atom. The van der Waals surface area contributed by atoms with Crippen LogP contribution in [0.5, 0.6) is 0 Å². The number of ether oxygens (including phenoxy) is 1. The maximum Gasteiger partial charge on any atom is 0.329 e. The minimum absolute atomic E-state index is 0.108. The minimum Gasteiger partial charge on any atom is -0.480 e. The summed E-state index contributed by atoms with van der Waals surface area (Å²) in [6.07, 6.45) is 0.571. The first-order chi connectivity index (χ1) is 7.91. The van der Waals surface area contributed by atoms with Gasteiger partial charge in [0.2, 0.25) is 0 Å². The lowest BCUT2D eigenvalue weighted by Gasteiger charge is -2.28. The van der Waals surface area contributed by atoms with Crippen LogP contribution in [0.2, 0.25) is 0 Å². The van der Waals surface area contributed by atoms with Gasteiger partial charge in [0.25, 0.3) is 0 Å². The van der Waals surface area contributed by atoms with E-state index < -0.39 is 17.5 Å². The van der Waals surface area contributed by atoms with E-state index in [1.165, 1.54) is 0 Å². The largest absolute Gasteiger partial charge is 0.480 e. The summed E-state index contributed by atoms with van der Waals surface area (Å²) in [5.41, 5.74) is -1.19.